The third-order valence-corrected chi connectivity index (χ3v) is 6.36. The van der Waals surface area contributed by atoms with Crippen LogP contribution in [0.5, 0.6) is 0 Å². The van der Waals surface area contributed by atoms with E-state index >= 15 is 4.39 Å². The summed E-state index contributed by atoms with van der Waals surface area (Å²) >= 11 is 1.34. The number of hydrogen-bond acceptors (Lipinski definition) is 5. The average Bonchev–Trinajstić information content (AvgIpc) is 3.06. The first-order chi connectivity index (χ1) is 12.8. The van der Waals surface area contributed by atoms with E-state index in [0.717, 1.165) is 4.70 Å². The third kappa shape index (κ3) is 2.82. The molecule has 4 rings (SSSR count). The topological polar surface area (TPSA) is 82.5 Å². The van der Waals surface area contributed by atoms with Gasteiger partial charge in [-0.15, -0.1) is 11.3 Å². The molecule has 0 unspecified atom stereocenters. The van der Waals surface area contributed by atoms with Gasteiger partial charge in [0, 0.05) is 11.8 Å². The highest BCUT2D eigenvalue weighted by molar-refractivity contribution is 7.18. The van der Waals surface area contributed by atoms with E-state index in [4.69, 9.17) is 5.21 Å². The molecule has 0 radical (unpaired) electrons. The van der Waals surface area contributed by atoms with E-state index in [2.05, 4.69) is 4.98 Å². The first-order valence-electron chi connectivity index (χ1n) is 8.58. The Bertz CT molecular complexity index is 1010. The maximum Gasteiger partial charge on any atom is 0.282 e. The van der Waals surface area contributed by atoms with Gasteiger partial charge in [-0.05, 0) is 37.1 Å². The molecule has 2 aromatic carbocycles. The van der Waals surface area contributed by atoms with Gasteiger partial charge in [-0.2, -0.15) is 0 Å². The molecule has 0 aliphatic heterocycles. The highest BCUT2D eigenvalue weighted by atomic mass is 32.1. The Hall–Kier alpha value is -2.35. The fourth-order valence-electron chi connectivity index (χ4n) is 3.65. The number of nitrogens with one attached hydrogen (secondary N) is 1. The fourth-order valence-corrected chi connectivity index (χ4v) is 4.67. The lowest BCUT2D eigenvalue weighted by atomic mass is 10.0. The van der Waals surface area contributed by atoms with Crippen molar-refractivity contribution >= 4 is 27.5 Å². The van der Waals surface area contributed by atoms with Crippen LogP contribution in [0.15, 0.2) is 48.5 Å². The Morgan fingerprint density at radius 1 is 1.19 bits per heavy atom. The first kappa shape index (κ1) is 18.0. The number of hydrogen-bond donors (Lipinski definition) is 3. The second-order valence-corrected chi connectivity index (χ2v) is 8.41. The van der Waals surface area contributed by atoms with Gasteiger partial charge in [-0.25, -0.2) is 14.9 Å². The van der Waals surface area contributed by atoms with Crippen LogP contribution in [0.4, 0.5) is 4.39 Å². The van der Waals surface area contributed by atoms with Crippen LogP contribution in [-0.2, 0) is 10.4 Å². The standard InChI is InChI=1S/C20H19FN2O3S/c1-19(2,25)18-22-13-9-8-12(10-14(13)27-18)16-15(11-6-4-3-5-7-11)20(16,21)17(24)23-26/h3-10,15-16,25-26H,1-2H3,(H,23,24)/t15-,16-,20+/m1/s1. The third-order valence-electron chi connectivity index (χ3n) is 5.03. The van der Waals surface area contributed by atoms with Gasteiger partial charge < -0.3 is 5.11 Å². The van der Waals surface area contributed by atoms with Crippen LogP contribution >= 0.6 is 11.3 Å². The summed E-state index contributed by atoms with van der Waals surface area (Å²) in [5, 5.41) is 19.8. The average molecular weight is 386 g/mol. The summed E-state index contributed by atoms with van der Waals surface area (Å²) in [6.45, 7) is 3.33. The maximum atomic E-state index is 15.6. The highest BCUT2D eigenvalue weighted by Crippen LogP contribution is 2.66. The van der Waals surface area contributed by atoms with Crippen LogP contribution in [0.3, 0.4) is 0 Å². The Morgan fingerprint density at radius 2 is 1.85 bits per heavy atom. The van der Waals surface area contributed by atoms with Crippen molar-refractivity contribution < 1.29 is 19.5 Å². The number of aliphatic hydroxyl groups is 1. The monoisotopic (exact) mass is 386 g/mol. The maximum absolute atomic E-state index is 15.6. The number of carbonyl (C=O) groups is 1. The second-order valence-electron chi connectivity index (χ2n) is 7.38. The van der Waals surface area contributed by atoms with E-state index in [1.54, 1.807) is 50.2 Å². The van der Waals surface area contributed by atoms with Crippen molar-refractivity contribution in [2.75, 3.05) is 0 Å². The zero-order valence-electron chi connectivity index (χ0n) is 14.8. The molecule has 1 amide bonds. The number of carbonyl (C=O) groups excluding carboxylic acids is 1. The molecule has 1 aromatic heterocycles. The SMILES string of the molecule is CC(C)(O)c1nc2ccc([C@@H]3[C@@H](c4ccccc4)[C@@]3(F)C(=O)NO)cc2s1. The number of benzene rings is 2. The summed E-state index contributed by atoms with van der Waals surface area (Å²) in [7, 11) is 0. The van der Waals surface area contributed by atoms with E-state index in [1.165, 1.54) is 16.8 Å². The number of rotatable bonds is 4. The quantitative estimate of drug-likeness (QED) is 0.472. The van der Waals surface area contributed by atoms with E-state index in [0.29, 0.717) is 21.7 Å². The zero-order valence-corrected chi connectivity index (χ0v) is 15.6. The number of fused-ring (bicyclic) bond motifs is 1. The summed E-state index contributed by atoms with van der Waals surface area (Å²) < 4.78 is 16.4. The molecule has 5 nitrogen and oxygen atoms in total. The molecule has 140 valence electrons. The predicted molar refractivity (Wildman–Crippen MR) is 101 cm³/mol. The highest BCUT2D eigenvalue weighted by Gasteiger charge is 2.72. The fraction of sp³-hybridized carbons (Fsp3) is 0.300. The minimum absolute atomic E-state index is 0.574. The van der Waals surface area contributed by atoms with Crippen molar-refractivity contribution in [3.05, 3.63) is 64.7 Å². The summed E-state index contributed by atoms with van der Waals surface area (Å²) in [4.78, 5) is 16.5. The molecule has 7 heteroatoms. The van der Waals surface area contributed by atoms with Crippen molar-refractivity contribution in [2.45, 2.75) is 37.0 Å². The number of alkyl halides is 1. The molecule has 3 N–H and O–H groups in total. The van der Waals surface area contributed by atoms with Gasteiger partial charge in [-0.3, -0.25) is 10.0 Å². The largest absolute Gasteiger partial charge is 0.383 e. The molecule has 1 aliphatic rings. The Balaban J connectivity index is 1.77. The lowest BCUT2D eigenvalue weighted by Crippen LogP contribution is -2.33. The van der Waals surface area contributed by atoms with Crippen LogP contribution in [0, 0.1) is 0 Å². The van der Waals surface area contributed by atoms with Gasteiger partial charge in [0.25, 0.3) is 5.91 Å². The van der Waals surface area contributed by atoms with Gasteiger partial charge in [0.1, 0.15) is 10.6 Å². The van der Waals surface area contributed by atoms with E-state index in [-0.39, 0.29) is 0 Å². The minimum atomic E-state index is -2.21. The van der Waals surface area contributed by atoms with Crippen molar-refractivity contribution in [1.82, 2.24) is 10.5 Å². The van der Waals surface area contributed by atoms with Gasteiger partial charge >= 0.3 is 0 Å². The molecule has 0 bridgehead atoms. The van der Waals surface area contributed by atoms with Gasteiger partial charge in [-0.1, -0.05) is 36.4 Å². The molecule has 1 heterocycles. The van der Waals surface area contributed by atoms with Crippen molar-refractivity contribution in [2.24, 2.45) is 0 Å². The lowest BCUT2D eigenvalue weighted by Gasteiger charge is -2.11. The summed E-state index contributed by atoms with van der Waals surface area (Å²) in [5.74, 6) is -2.42. The molecule has 0 spiro atoms. The normalized spacial score (nSPS) is 24.8. The molecule has 1 fully saturated rings. The van der Waals surface area contributed by atoms with Crippen LogP contribution in [0.2, 0.25) is 0 Å². The Labute approximate surface area is 159 Å². The molecule has 1 aliphatic carbocycles. The molecule has 0 saturated heterocycles. The van der Waals surface area contributed by atoms with Crippen molar-refractivity contribution in [3.63, 3.8) is 0 Å². The van der Waals surface area contributed by atoms with E-state index in [9.17, 15) is 9.90 Å². The van der Waals surface area contributed by atoms with Crippen LogP contribution in [0.25, 0.3) is 10.2 Å². The first-order valence-corrected chi connectivity index (χ1v) is 9.40. The number of amides is 1. The lowest BCUT2D eigenvalue weighted by molar-refractivity contribution is -0.136. The zero-order chi connectivity index (χ0) is 19.4. The van der Waals surface area contributed by atoms with Crippen LogP contribution in [-0.4, -0.2) is 26.9 Å². The number of hydroxylamine groups is 1. The number of halogens is 1. The van der Waals surface area contributed by atoms with Crippen LogP contribution < -0.4 is 5.48 Å². The number of nitrogens with zero attached hydrogens (tertiary/aromatic N) is 1. The number of thiazole rings is 1. The van der Waals surface area contributed by atoms with Crippen molar-refractivity contribution in [3.8, 4) is 0 Å². The molecule has 3 atom stereocenters. The van der Waals surface area contributed by atoms with Gasteiger partial charge in [0.15, 0.2) is 0 Å². The summed E-state index contributed by atoms with van der Waals surface area (Å²) in [6, 6.07) is 14.3. The molecular weight excluding hydrogens is 367 g/mol. The summed E-state index contributed by atoms with van der Waals surface area (Å²) in [6.07, 6.45) is 0. The smallest absolute Gasteiger partial charge is 0.282 e. The van der Waals surface area contributed by atoms with Crippen molar-refractivity contribution in [1.29, 1.82) is 0 Å². The molecular formula is C20H19FN2O3S. The van der Waals surface area contributed by atoms with E-state index < -0.39 is 29.0 Å². The Morgan fingerprint density at radius 3 is 2.48 bits per heavy atom. The van der Waals surface area contributed by atoms with Gasteiger partial charge in [0.05, 0.1) is 10.2 Å². The minimum Gasteiger partial charge on any atom is -0.383 e. The molecule has 3 aromatic rings. The molecule has 27 heavy (non-hydrogen) atoms. The second kappa shape index (κ2) is 6.09. The van der Waals surface area contributed by atoms with Crippen LogP contribution in [0.1, 0.15) is 41.8 Å². The predicted octanol–water partition coefficient (Wildman–Crippen LogP) is 3.62. The summed E-state index contributed by atoms with van der Waals surface area (Å²) in [5.41, 5.74) is 0.279. The Kier molecular flexibility index (Phi) is 4.06. The van der Waals surface area contributed by atoms with Gasteiger partial charge in [0.2, 0.25) is 5.67 Å². The van der Waals surface area contributed by atoms with E-state index in [1.807, 2.05) is 12.1 Å². The molecule has 1 saturated carbocycles. The number of aromatic nitrogens is 1.